The van der Waals surface area contributed by atoms with Crippen LogP contribution in [0.15, 0.2) is 17.1 Å². The van der Waals surface area contributed by atoms with Crippen LogP contribution in [0.2, 0.25) is 0 Å². The zero-order valence-electron chi connectivity index (χ0n) is 13.7. The molecule has 23 heavy (non-hydrogen) atoms. The SMILES string of the molecule is CCCN=C(NCC)NCCc1cc(F)cc2c1OCOC2.I. The van der Waals surface area contributed by atoms with E-state index in [1.54, 1.807) is 0 Å². The van der Waals surface area contributed by atoms with Crippen molar-refractivity contribution in [1.29, 1.82) is 0 Å². The average molecular weight is 437 g/mol. The van der Waals surface area contributed by atoms with Gasteiger partial charge in [0.15, 0.2) is 12.8 Å². The number of nitrogens with one attached hydrogen (secondary N) is 2. The van der Waals surface area contributed by atoms with Crippen LogP contribution in [0.4, 0.5) is 4.39 Å². The minimum absolute atomic E-state index is 0. The molecule has 0 saturated carbocycles. The van der Waals surface area contributed by atoms with Crippen LogP contribution in [-0.2, 0) is 17.8 Å². The van der Waals surface area contributed by atoms with Gasteiger partial charge in [-0.3, -0.25) is 4.99 Å². The van der Waals surface area contributed by atoms with Crippen LogP contribution >= 0.6 is 24.0 Å². The van der Waals surface area contributed by atoms with Crippen molar-refractivity contribution in [2.45, 2.75) is 33.3 Å². The molecule has 0 bridgehead atoms. The lowest BCUT2D eigenvalue weighted by Gasteiger charge is -2.21. The van der Waals surface area contributed by atoms with Crippen LogP contribution < -0.4 is 15.4 Å². The molecular weight excluding hydrogens is 412 g/mol. The van der Waals surface area contributed by atoms with E-state index < -0.39 is 0 Å². The molecule has 0 amide bonds. The Morgan fingerprint density at radius 1 is 1.30 bits per heavy atom. The molecule has 7 heteroatoms. The predicted molar refractivity (Wildman–Crippen MR) is 100 cm³/mol. The number of rotatable bonds is 6. The molecule has 130 valence electrons. The molecule has 1 aromatic carbocycles. The van der Waals surface area contributed by atoms with Crippen molar-refractivity contribution in [1.82, 2.24) is 10.6 Å². The van der Waals surface area contributed by atoms with E-state index in [2.05, 4.69) is 22.5 Å². The summed E-state index contributed by atoms with van der Waals surface area (Å²) in [6.45, 7) is 6.99. The monoisotopic (exact) mass is 437 g/mol. The summed E-state index contributed by atoms with van der Waals surface area (Å²) in [5.41, 5.74) is 1.63. The molecule has 5 nitrogen and oxygen atoms in total. The summed E-state index contributed by atoms with van der Waals surface area (Å²) >= 11 is 0. The lowest BCUT2D eigenvalue weighted by Crippen LogP contribution is -2.38. The Morgan fingerprint density at radius 3 is 2.87 bits per heavy atom. The van der Waals surface area contributed by atoms with Gasteiger partial charge < -0.3 is 20.1 Å². The quantitative estimate of drug-likeness (QED) is 0.409. The second kappa shape index (κ2) is 10.6. The van der Waals surface area contributed by atoms with Gasteiger partial charge >= 0.3 is 0 Å². The van der Waals surface area contributed by atoms with E-state index >= 15 is 0 Å². The first kappa shape index (κ1) is 20.0. The van der Waals surface area contributed by atoms with Crippen molar-refractivity contribution >= 4 is 29.9 Å². The van der Waals surface area contributed by atoms with Crippen molar-refractivity contribution in [3.63, 3.8) is 0 Å². The van der Waals surface area contributed by atoms with E-state index in [4.69, 9.17) is 9.47 Å². The number of benzene rings is 1. The number of nitrogens with zero attached hydrogens (tertiary/aromatic N) is 1. The van der Waals surface area contributed by atoms with E-state index in [-0.39, 0.29) is 36.6 Å². The molecule has 2 N–H and O–H groups in total. The number of hydrogen-bond donors (Lipinski definition) is 2. The molecule has 1 aromatic rings. The van der Waals surface area contributed by atoms with E-state index in [1.165, 1.54) is 12.1 Å². The predicted octanol–water partition coefficient (Wildman–Crippen LogP) is 2.82. The molecule has 0 aromatic heterocycles. The maximum atomic E-state index is 13.7. The Kier molecular flexibility index (Phi) is 9.23. The molecule has 1 heterocycles. The minimum Gasteiger partial charge on any atom is -0.467 e. The third kappa shape index (κ3) is 6.14. The van der Waals surface area contributed by atoms with Crippen LogP contribution in [0.25, 0.3) is 0 Å². The lowest BCUT2D eigenvalue weighted by atomic mass is 10.1. The number of ether oxygens (including phenoxy) is 2. The Balaban J connectivity index is 0.00000264. The minimum atomic E-state index is -0.255. The third-order valence-corrected chi connectivity index (χ3v) is 3.28. The standard InChI is InChI=1S/C16H24FN3O2.HI/c1-3-6-19-16(18-4-2)20-7-5-12-8-14(17)9-13-10-21-11-22-15(12)13;/h8-9H,3-7,10-11H2,1-2H3,(H2,18,19,20);1H. The highest BCUT2D eigenvalue weighted by Crippen LogP contribution is 2.29. The molecule has 0 fully saturated rings. The van der Waals surface area contributed by atoms with Crippen LogP contribution in [0, 0.1) is 5.82 Å². The van der Waals surface area contributed by atoms with Crippen LogP contribution in [0.5, 0.6) is 5.75 Å². The molecule has 1 aliphatic heterocycles. The second-order valence-corrected chi connectivity index (χ2v) is 5.10. The van der Waals surface area contributed by atoms with Crippen LogP contribution in [-0.4, -0.2) is 32.4 Å². The summed E-state index contributed by atoms with van der Waals surface area (Å²) < 4.78 is 24.4. The molecule has 0 atom stereocenters. The van der Waals surface area contributed by atoms with Crippen molar-refractivity contribution < 1.29 is 13.9 Å². The fourth-order valence-electron chi connectivity index (χ4n) is 2.32. The maximum Gasteiger partial charge on any atom is 0.191 e. The van der Waals surface area contributed by atoms with Crippen molar-refractivity contribution in [2.24, 2.45) is 4.99 Å². The first-order valence-corrected chi connectivity index (χ1v) is 7.78. The van der Waals surface area contributed by atoms with Gasteiger partial charge in [0.2, 0.25) is 0 Å². The Bertz CT molecular complexity index is 526. The molecular formula is C16H25FIN3O2. The first-order chi connectivity index (χ1) is 10.7. The van der Waals surface area contributed by atoms with Gasteiger partial charge in [-0.2, -0.15) is 0 Å². The van der Waals surface area contributed by atoms with Gasteiger partial charge in [0.25, 0.3) is 0 Å². The Morgan fingerprint density at radius 2 is 2.13 bits per heavy atom. The summed E-state index contributed by atoms with van der Waals surface area (Å²) in [7, 11) is 0. The average Bonchev–Trinajstić information content (AvgIpc) is 2.52. The lowest BCUT2D eigenvalue weighted by molar-refractivity contribution is -0.0172. The summed E-state index contributed by atoms with van der Waals surface area (Å²) in [6, 6.07) is 3.00. The van der Waals surface area contributed by atoms with Gasteiger partial charge in [-0.15, -0.1) is 24.0 Å². The fraction of sp³-hybridized carbons (Fsp3) is 0.562. The van der Waals surface area contributed by atoms with Gasteiger partial charge in [-0.1, -0.05) is 6.92 Å². The van der Waals surface area contributed by atoms with Crippen molar-refractivity contribution in [3.8, 4) is 5.75 Å². The smallest absolute Gasteiger partial charge is 0.191 e. The van der Waals surface area contributed by atoms with Crippen LogP contribution in [0.3, 0.4) is 0 Å². The number of fused-ring (bicyclic) bond motifs is 1. The molecule has 0 unspecified atom stereocenters. The zero-order valence-corrected chi connectivity index (χ0v) is 16.0. The molecule has 0 spiro atoms. The number of hydrogen-bond acceptors (Lipinski definition) is 3. The molecule has 0 saturated heterocycles. The molecule has 0 aliphatic carbocycles. The van der Waals surface area contributed by atoms with Crippen molar-refractivity contribution in [3.05, 3.63) is 29.1 Å². The molecule has 1 aliphatic rings. The van der Waals surface area contributed by atoms with Gasteiger partial charge in [0.1, 0.15) is 11.6 Å². The van der Waals surface area contributed by atoms with E-state index in [0.29, 0.717) is 19.6 Å². The van der Waals surface area contributed by atoms with Gasteiger partial charge in [-0.05, 0) is 37.5 Å². The highest BCUT2D eigenvalue weighted by atomic mass is 127. The summed E-state index contributed by atoms with van der Waals surface area (Å²) in [5, 5.41) is 6.45. The Labute approximate surface area is 154 Å². The second-order valence-electron chi connectivity index (χ2n) is 5.10. The number of aliphatic imine (C=N–C) groups is 1. The first-order valence-electron chi connectivity index (χ1n) is 7.78. The van der Waals surface area contributed by atoms with Crippen LogP contribution in [0.1, 0.15) is 31.4 Å². The summed E-state index contributed by atoms with van der Waals surface area (Å²) in [6.07, 6.45) is 1.67. The highest BCUT2D eigenvalue weighted by molar-refractivity contribution is 14.0. The summed E-state index contributed by atoms with van der Waals surface area (Å²) in [5.74, 6) is 1.29. The highest BCUT2D eigenvalue weighted by Gasteiger charge is 2.16. The molecule has 0 radical (unpaired) electrons. The zero-order chi connectivity index (χ0) is 15.8. The van der Waals surface area contributed by atoms with E-state index in [9.17, 15) is 4.39 Å². The fourth-order valence-corrected chi connectivity index (χ4v) is 2.32. The number of guanidine groups is 1. The largest absolute Gasteiger partial charge is 0.467 e. The molecule has 2 rings (SSSR count). The summed E-state index contributed by atoms with van der Waals surface area (Å²) in [4.78, 5) is 4.44. The third-order valence-electron chi connectivity index (χ3n) is 3.28. The Hall–Kier alpha value is -1.09. The maximum absolute atomic E-state index is 13.7. The normalized spacial score (nSPS) is 13.6. The number of halogens is 2. The van der Waals surface area contributed by atoms with E-state index in [1.807, 2.05) is 6.92 Å². The topological polar surface area (TPSA) is 54.9 Å². The van der Waals surface area contributed by atoms with Gasteiger partial charge in [0, 0.05) is 25.2 Å². The van der Waals surface area contributed by atoms with Crippen molar-refractivity contribution in [2.75, 3.05) is 26.4 Å². The van der Waals surface area contributed by atoms with Gasteiger partial charge in [-0.25, -0.2) is 4.39 Å². The van der Waals surface area contributed by atoms with Gasteiger partial charge in [0.05, 0.1) is 6.61 Å². The van der Waals surface area contributed by atoms with E-state index in [0.717, 1.165) is 42.3 Å².